The number of hydrogen-bond donors (Lipinski definition) is 0. The van der Waals surface area contributed by atoms with Crippen molar-refractivity contribution in [1.82, 2.24) is 0 Å². The zero-order valence-electron chi connectivity index (χ0n) is 8.26. The molecule has 16 heavy (non-hydrogen) atoms. The summed E-state index contributed by atoms with van der Waals surface area (Å²) < 4.78 is 31.4. The van der Waals surface area contributed by atoms with E-state index >= 15 is 0 Å². The number of carbonyl (C=O) groups excluding carboxylic acids is 1. The Bertz CT molecular complexity index is 555. The van der Waals surface area contributed by atoms with E-state index in [0.717, 1.165) is 4.47 Å². The Hall–Kier alpha value is -1.23. The first-order chi connectivity index (χ1) is 7.38. The highest BCUT2D eigenvalue weighted by Gasteiger charge is 2.35. The van der Waals surface area contributed by atoms with Crippen LogP contribution in [-0.4, -0.2) is 11.7 Å². The van der Waals surface area contributed by atoms with Crippen LogP contribution in [0.3, 0.4) is 0 Å². The third-order valence-corrected chi connectivity index (χ3v) is 2.59. The third kappa shape index (κ3) is 2.00. The van der Waals surface area contributed by atoms with Crippen LogP contribution in [0.2, 0.25) is 0 Å². The van der Waals surface area contributed by atoms with E-state index in [0.29, 0.717) is 17.9 Å². The van der Waals surface area contributed by atoms with E-state index in [4.69, 9.17) is 4.42 Å². The molecule has 0 saturated carbocycles. The number of furan rings is 1. The maximum atomic E-state index is 12.8. The van der Waals surface area contributed by atoms with Gasteiger partial charge in [0.25, 0.3) is 5.78 Å². The first kappa shape index (κ1) is 11.3. The number of carbonyl (C=O) groups is 1. The summed E-state index contributed by atoms with van der Waals surface area (Å²) in [5.41, 5.74) is 0.413. The van der Waals surface area contributed by atoms with Crippen molar-refractivity contribution in [3.05, 3.63) is 34.5 Å². The van der Waals surface area contributed by atoms with E-state index in [1.807, 2.05) is 0 Å². The smallest absolute Gasteiger partial charge is 0.310 e. The van der Waals surface area contributed by atoms with Crippen molar-refractivity contribution in [1.29, 1.82) is 0 Å². The topological polar surface area (TPSA) is 30.2 Å². The Morgan fingerprint density at radius 1 is 1.38 bits per heavy atom. The molecule has 0 radical (unpaired) electrons. The molecule has 0 aliphatic carbocycles. The van der Waals surface area contributed by atoms with Gasteiger partial charge in [-0.15, -0.1) is 0 Å². The van der Waals surface area contributed by atoms with Crippen LogP contribution >= 0.6 is 15.9 Å². The van der Waals surface area contributed by atoms with Gasteiger partial charge >= 0.3 is 5.92 Å². The molecule has 0 saturated heterocycles. The summed E-state index contributed by atoms with van der Waals surface area (Å²) in [4.78, 5) is 11.3. The van der Waals surface area contributed by atoms with Crippen molar-refractivity contribution in [3.8, 4) is 0 Å². The molecule has 0 N–H and O–H groups in total. The zero-order valence-corrected chi connectivity index (χ0v) is 9.85. The molecule has 0 spiro atoms. The number of fused-ring (bicyclic) bond motifs is 1. The minimum atomic E-state index is -3.41. The molecule has 0 amide bonds. The average Bonchev–Trinajstić information content (AvgIpc) is 2.57. The lowest BCUT2D eigenvalue weighted by Crippen LogP contribution is -2.23. The van der Waals surface area contributed by atoms with E-state index in [-0.39, 0.29) is 5.76 Å². The second-order valence-corrected chi connectivity index (χ2v) is 4.43. The fraction of sp³-hybridized carbons (Fsp3) is 0.182. The molecule has 2 rings (SSSR count). The van der Waals surface area contributed by atoms with Gasteiger partial charge in [0.2, 0.25) is 0 Å². The Morgan fingerprint density at radius 3 is 2.69 bits per heavy atom. The van der Waals surface area contributed by atoms with Gasteiger partial charge < -0.3 is 4.42 Å². The Balaban J connectivity index is 2.52. The first-order valence-electron chi connectivity index (χ1n) is 4.49. The SMILES string of the molecule is CC(F)(F)C(=O)c1cc2cc(Br)ccc2o1. The molecule has 0 unspecified atom stereocenters. The maximum Gasteiger partial charge on any atom is 0.310 e. The normalized spacial score (nSPS) is 12.0. The fourth-order valence-corrected chi connectivity index (χ4v) is 1.72. The summed E-state index contributed by atoms with van der Waals surface area (Å²) in [6, 6.07) is 6.34. The van der Waals surface area contributed by atoms with Crippen LogP contribution in [0, 0.1) is 0 Å². The molecule has 0 atom stereocenters. The molecular weight excluding hydrogens is 282 g/mol. The molecule has 1 aromatic carbocycles. The van der Waals surface area contributed by atoms with Gasteiger partial charge in [0, 0.05) is 16.8 Å². The van der Waals surface area contributed by atoms with Gasteiger partial charge in [-0.25, -0.2) is 0 Å². The number of ketones is 1. The van der Waals surface area contributed by atoms with Crippen molar-refractivity contribution >= 4 is 32.7 Å². The highest BCUT2D eigenvalue weighted by Crippen LogP contribution is 2.27. The summed E-state index contributed by atoms with van der Waals surface area (Å²) in [5.74, 6) is -5.04. The van der Waals surface area contributed by atoms with Crippen LogP contribution in [-0.2, 0) is 0 Å². The minimum Gasteiger partial charge on any atom is -0.453 e. The van der Waals surface area contributed by atoms with E-state index in [2.05, 4.69) is 15.9 Å². The van der Waals surface area contributed by atoms with Crippen molar-refractivity contribution in [2.45, 2.75) is 12.8 Å². The lowest BCUT2D eigenvalue weighted by Gasteiger charge is -2.04. The van der Waals surface area contributed by atoms with Crippen LogP contribution in [0.4, 0.5) is 8.78 Å². The van der Waals surface area contributed by atoms with Crippen molar-refractivity contribution < 1.29 is 18.0 Å². The second kappa shape index (κ2) is 3.66. The molecule has 0 aliphatic heterocycles. The molecule has 0 fully saturated rings. The predicted octanol–water partition coefficient (Wildman–Crippen LogP) is 4.03. The van der Waals surface area contributed by atoms with Gasteiger partial charge in [-0.05, 0) is 24.3 Å². The van der Waals surface area contributed by atoms with Gasteiger partial charge in [0.15, 0.2) is 5.76 Å². The highest BCUT2D eigenvalue weighted by atomic mass is 79.9. The van der Waals surface area contributed by atoms with Gasteiger partial charge in [-0.3, -0.25) is 4.79 Å². The summed E-state index contributed by atoms with van der Waals surface area (Å²) in [6.45, 7) is 0.554. The van der Waals surface area contributed by atoms with Crippen LogP contribution < -0.4 is 0 Å². The number of alkyl halides is 2. The molecule has 1 aromatic heterocycles. The third-order valence-electron chi connectivity index (χ3n) is 2.10. The predicted molar refractivity (Wildman–Crippen MR) is 58.9 cm³/mol. The van der Waals surface area contributed by atoms with Crippen LogP contribution in [0.15, 0.2) is 33.2 Å². The van der Waals surface area contributed by atoms with Crippen molar-refractivity contribution in [2.75, 3.05) is 0 Å². The Kier molecular flexibility index (Phi) is 2.58. The van der Waals surface area contributed by atoms with Crippen molar-refractivity contribution in [2.24, 2.45) is 0 Å². The average molecular weight is 289 g/mol. The van der Waals surface area contributed by atoms with Gasteiger partial charge in [-0.1, -0.05) is 15.9 Å². The Morgan fingerprint density at radius 2 is 2.06 bits per heavy atom. The van der Waals surface area contributed by atoms with Crippen LogP contribution in [0.25, 0.3) is 11.0 Å². The summed E-state index contributed by atoms with van der Waals surface area (Å²) in [6.07, 6.45) is 0. The summed E-state index contributed by atoms with van der Waals surface area (Å²) in [5, 5.41) is 0.613. The molecule has 0 aliphatic rings. The number of Topliss-reactive ketones (excluding diaryl/α,β-unsaturated/α-hetero) is 1. The van der Waals surface area contributed by atoms with Crippen LogP contribution in [0.1, 0.15) is 17.5 Å². The maximum absolute atomic E-state index is 12.8. The first-order valence-corrected chi connectivity index (χ1v) is 5.29. The number of rotatable bonds is 2. The standard InChI is InChI=1S/C11H7BrF2O2/c1-11(13,14)10(15)9-5-6-4-7(12)2-3-8(6)16-9/h2-5H,1H3. The van der Waals surface area contributed by atoms with Gasteiger partial charge in [0.05, 0.1) is 0 Å². The molecule has 2 aromatic rings. The number of halogens is 3. The second-order valence-electron chi connectivity index (χ2n) is 3.51. The molecule has 1 heterocycles. The molecular formula is C11H7BrF2O2. The largest absolute Gasteiger partial charge is 0.453 e. The van der Waals surface area contributed by atoms with Crippen molar-refractivity contribution in [3.63, 3.8) is 0 Å². The van der Waals surface area contributed by atoms with Gasteiger partial charge in [0.1, 0.15) is 5.58 Å². The van der Waals surface area contributed by atoms with Gasteiger partial charge in [-0.2, -0.15) is 8.78 Å². The van der Waals surface area contributed by atoms with E-state index in [1.165, 1.54) is 6.07 Å². The molecule has 84 valence electrons. The number of hydrogen-bond acceptors (Lipinski definition) is 2. The van der Waals surface area contributed by atoms with Crippen LogP contribution in [0.5, 0.6) is 0 Å². The molecule has 5 heteroatoms. The Labute approximate surface area is 98.4 Å². The summed E-state index contributed by atoms with van der Waals surface area (Å²) in [7, 11) is 0. The quantitative estimate of drug-likeness (QED) is 0.781. The molecule has 2 nitrogen and oxygen atoms in total. The molecule has 0 bridgehead atoms. The minimum absolute atomic E-state index is 0.319. The lowest BCUT2D eigenvalue weighted by molar-refractivity contribution is 0.0197. The summed E-state index contributed by atoms with van der Waals surface area (Å²) >= 11 is 3.24. The van der Waals surface area contributed by atoms with E-state index in [9.17, 15) is 13.6 Å². The fourth-order valence-electron chi connectivity index (χ4n) is 1.34. The zero-order chi connectivity index (χ0) is 11.9. The van der Waals surface area contributed by atoms with E-state index < -0.39 is 11.7 Å². The van der Waals surface area contributed by atoms with E-state index in [1.54, 1.807) is 18.2 Å². The number of benzene rings is 1. The highest BCUT2D eigenvalue weighted by molar-refractivity contribution is 9.10. The monoisotopic (exact) mass is 288 g/mol. The lowest BCUT2D eigenvalue weighted by atomic mass is 10.2.